The minimum absolute atomic E-state index is 0.00547. The largest absolute Gasteiger partial charge is 0.467 e. The van der Waals surface area contributed by atoms with Crippen LogP contribution in [0.3, 0.4) is 0 Å². The fourth-order valence-electron chi connectivity index (χ4n) is 1.95. The lowest BCUT2D eigenvalue weighted by Gasteiger charge is -2.31. The van der Waals surface area contributed by atoms with Crippen molar-refractivity contribution in [2.75, 3.05) is 26.8 Å². The first kappa shape index (κ1) is 13.5. The highest BCUT2D eigenvalue weighted by Crippen LogP contribution is 2.08. The van der Waals surface area contributed by atoms with Crippen LogP contribution in [0.2, 0.25) is 0 Å². The summed E-state index contributed by atoms with van der Waals surface area (Å²) in [5.74, 6) is -0.432. The number of esters is 1. The van der Waals surface area contributed by atoms with Gasteiger partial charge in [-0.25, -0.2) is 9.78 Å². The summed E-state index contributed by atoms with van der Waals surface area (Å²) in [4.78, 5) is 29.0. The van der Waals surface area contributed by atoms with E-state index in [1.165, 1.54) is 7.11 Å². The molecule has 0 N–H and O–H groups in total. The Labute approximate surface area is 111 Å². The molecule has 19 heavy (non-hydrogen) atoms. The van der Waals surface area contributed by atoms with E-state index in [9.17, 15) is 9.59 Å². The first-order valence-corrected chi connectivity index (χ1v) is 6.13. The fourth-order valence-corrected chi connectivity index (χ4v) is 1.95. The van der Waals surface area contributed by atoms with Crippen LogP contribution in [0.25, 0.3) is 0 Å². The molecule has 1 aliphatic rings. The summed E-state index contributed by atoms with van der Waals surface area (Å²) >= 11 is 0. The number of aryl methyl sites for hydroxylation is 1. The Morgan fingerprint density at radius 3 is 3.05 bits per heavy atom. The average Bonchev–Trinajstić information content (AvgIpc) is 2.97. The van der Waals surface area contributed by atoms with Crippen LogP contribution in [0, 0.1) is 0 Å². The second kappa shape index (κ2) is 6.33. The number of aromatic nitrogens is 2. The van der Waals surface area contributed by atoms with Gasteiger partial charge in [0.25, 0.3) is 0 Å². The van der Waals surface area contributed by atoms with E-state index in [2.05, 4.69) is 9.72 Å². The van der Waals surface area contributed by atoms with Crippen LogP contribution in [0.5, 0.6) is 0 Å². The SMILES string of the molecule is COC(=O)C1CN(C(=O)CCn2ccnc2)CCO1. The minimum Gasteiger partial charge on any atom is -0.467 e. The maximum Gasteiger partial charge on any atom is 0.336 e. The van der Waals surface area contributed by atoms with Gasteiger partial charge in [0.1, 0.15) is 0 Å². The minimum atomic E-state index is -0.670. The van der Waals surface area contributed by atoms with Gasteiger partial charge in [0.2, 0.25) is 5.91 Å². The Kier molecular flexibility index (Phi) is 4.51. The monoisotopic (exact) mass is 267 g/mol. The van der Waals surface area contributed by atoms with Gasteiger partial charge >= 0.3 is 5.97 Å². The molecule has 0 aliphatic carbocycles. The molecule has 1 aromatic heterocycles. The highest BCUT2D eigenvalue weighted by Gasteiger charge is 2.29. The Bertz CT molecular complexity index is 432. The van der Waals surface area contributed by atoms with E-state index in [-0.39, 0.29) is 12.5 Å². The zero-order chi connectivity index (χ0) is 13.7. The molecule has 104 valence electrons. The van der Waals surface area contributed by atoms with Crippen molar-refractivity contribution in [3.05, 3.63) is 18.7 Å². The second-order valence-corrected chi connectivity index (χ2v) is 4.27. The molecular formula is C12H17N3O4. The summed E-state index contributed by atoms with van der Waals surface area (Å²) in [7, 11) is 1.31. The number of nitrogens with zero attached hydrogens (tertiary/aromatic N) is 3. The normalized spacial score (nSPS) is 19.2. The molecule has 7 heteroatoms. The van der Waals surface area contributed by atoms with Crippen LogP contribution in [0.15, 0.2) is 18.7 Å². The first-order valence-electron chi connectivity index (χ1n) is 6.13. The Balaban J connectivity index is 1.83. The number of hydrogen-bond donors (Lipinski definition) is 0. The first-order chi connectivity index (χ1) is 9.20. The van der Waals surface area contributed by atoms with Crippen LogP contribution in [0.4, 0.5) is 0 Å². The van der Waals surface area contributed by atoms with Gasteiger partial charge in [-0.3, -0.25) is 4.79 Å². The third-order valence-corrected chi connectivity index (χ3v) is 3.03. The molecule has 1 amide bonds. The van der Waals surface area contributed by atoms with Gasteiger partial charge in [0.15, 0.2) is 6.10 Å². The molecule has 0 saturated carbocycles. The van der Waals surface area contributed by atoms with Gasteiger partial charge in [0, 0.05) is 31.9 Å². The second-order valence-electron chi connectivity index (χ2n) is 4.27. The van der Waals surface area contributed by atoms with Gasteiger partial charge < -0.3 is 18.9 Å². The molecule has 1 fully saturated rings. The molecule has 7 nitrogen and oxygen atoms in total. The molecule has 1 unspecified atom stereocenters. The maximum atomic E-state index is 12.0. The predicted octanol–water partition coefficient (Wildman–Crippen LogP) is -0.326. The van der Waals surface area contributed by atoms with E-state index in [1.54, 1.807) is 17.4 Å². The molecule has 1 atom stereocenters. The summed E-state index contributed by atoms with van der Waals surface area (Å²) in [6, 6.07) is 0. The predicted molar refractivity (Wildman–Crippen MR) is 65.2 cm³/mol. The Morgan fingerprint density at radius 1 is 1.53 bits per heavy atom. The van der Waals surface area contributed by atoms with Crippen molar-refractivity contribution in [2.24, 2.45) is 0 Å². The third-order valence-electron chi connectivity index (χ3n) is 3.03. The van der Waals surface area contributed by atoms with Crippen molar-refractivity contribution in [1.29, 1.82) is 0 Å². The standard InChI is InChI=1S/C12H17N3O4/c1-18-12(17)10-8-15(6-7-19-10)11(16)2-4-14-5-3-13-9-14/h3,5,9-10H,2,4,6-8H2,1H3. The molecule has 1 saturated heterocycles. The summed E-state index contributed by atoms with van der Waals surface area (Å²) in [6.07, 6.45) is 4.86. The molecule has 0 bridgehead atoms. The topological polar surface area (TPSA) is 73.7 Å². The summed E-state index contributed by atoms with van der Waals surface area (Å²) in [5, 5.41) is 0. The van der Waals surface area contributed by atoms with Crippen molar-refractivity contribution < 1.29 is 19.1 Å². The van der Waals surface area contributed by atoms with E-state index in [1.807, 2.05) is 10.8 Å². The number of hydrogen-bond acceptors (Lipinski definition) is 5. The van der Waals surface area contributed by atoms with Crippen LogP contribution >= 0.6 is 0 Å². The van der Waals surface area contributed by atoms with Gasteiger partial charge in [-0.2, -0.15) is 0 Å². The zero-order valence-electron chi connectivity index (χ0n) is 10.8. The lowest BCUT2D eigenvalue weighted by Crippen LogP contribution is -2.49. The van der Waals surface area contributed by atoms with Crippen LogP contribution < -0.4 is 0 Å². The van der Waals surface area contributed by atoms with Crippen molar-refractivity contribution in [1.82, 2.24) is 14.5 Å². The lowest BCUT2D eigenvalue weighted by atomic mass is 10.2. The molecule has 2 heterocycles. The molecule has 1 aliphatic heterocycles. The number of carbonyl (C=O) groups is 2. The van der Waals surface area contributed by atoms with Gasteiger partial charge in [-0.05, 0) is 0 Å². The van der Waals surface area contributed by atoms with Crippen molar-refractivity contribution in [3.63, 3.8) is 0 Å². The smallest absolute Gasteiger partial charge is 0.336 e. The zero-order valence-corrected chi connectivity index (χ0v) is 10.8. The van der Waals surface area contributed by atoms with Crippen molar-refractivity contribution in [2.45, 2.75) is 19.1 Å². The molecule has 1 aromatic rings. The summed E-state index contributed by atoms with van der Waals surface area (Å²) in [6.45, 7) is 1.71. The van der Waals surface area contributed by atoms with Crippen LogP contribution in [0.1, 0.15) is 6.42 Å². The number of rotatable bonds is 4. The highest BCUT2D eigenvalue weighted by atomic mass is 16.6. The highest BCUT2D eigenvalue weighted by molar-refractivity contribution is 5.79. The van der Waals surface area contributed by atoms with Gasteiger partial charge in [-0.15, -0.1) is 0 Å². The molecule has 0 spiro atoms. The third kappa shape index (κ3) is 3.54. The number of carbonyl (C=O) groups excluding carboxylic acids is 2. The van der Waals surface area contributed by atoms with E-state index in [0.29, 0.717) is 26.1 Å². The Hall–Kier alpha value is -1.89. The summed E-state index contributed by atoms with van der Waals surface area (Å²) < 4.78 is 11.7. The van der Waals surface area contributed by atoms with Crippen LogP contribution in [-0.2, 0) is 25.6 Å². The quantitative estimate of drug-likeness (QED) is 0.699. The van der Waals surface area contributed by atoms with E-state index < -0.39 is 12.1 Å². The molecular weight excluding hydrogens is 250 g/mol. The number of ether oxygens (including phenoxy) is 2. The van der Waals surface area contributed by atoms with Crippen molar-refractivity contribution in [3.8, 4) is 0 Å². The molecule has 2 rings (SSSR count). The van der Waals surface area contributed by atoms with E-state index in [0.717, 1.165) is 0 Å². The molecule has 0 radical (unpaired) electrons. The lowest BCUT2D eigenvalue weighted by molar-refractivity contribution is -0.162. The summed E-state index contributed by atoms with van der Waals surface area (Å²) in [5.41, 5.74) is 0. The van der Waals surface area contributed by atoms with E-state index >= 15 is 0 Å². The maximum absolute atomic E-state index is 12.0. The fraction of sp³-hybridized carbons (Fsp3) is 0.583. The molecule has 0 aromatic carbocycles. The van der Waals surface area contributed by atoms with Gasteiger partial charge in [-0.1, -0.05) is 0 Å². The number of methoxy groups -OCH3 is 1. The van der Waals surface area contributed by atoms with Gasteiger partial charge in [0.05, 0.1) is 26.6 Å². The van der Waals surface area contributed by atoms with Crippen LogP contribution in [-0.4, -0.2) is 59.2 Å². The van der Waals surface area contributed by atoms with Crippen molar-refractivity contribution >= 4 is 11.9 Å². The number of morpholine rings is 1. The number of imidazole rings is 1. The average molecular weight is 267 g/mol. The van der Waals surface area contributed by atoms with E-state index in [4.69, 9.17) is 4.74 Å². The Morgan fingerprint density at radius 2 is 2.37 bits per heavy atom. The number of amides is 1.